The molecule has 5 nitrogen and oxygen atoms in total. The molecule has 31 heavy (non-hydrogen) atoms. The first kappa shape index (κ1) is 21.0. The van der Waals surface area contributed by atoms with Crippen molar-refractivity contribution in [1.82, 2.24) is 0 Å². The van der Waals surface area contributed by atoms with E-state index in [1.165, 1.54) is 5.56 Å². The number of rotatable bonds is 5. The third kappa shape index (κ3) is 3.29. The summed E-state index contributed by atoms with van der Waals surface area (Å²) in [7, 11) is 6.78. The van der Waals surface area contributed by atoms with E-state index in [9.17, 15) is 0 Å². The van der Waals surface area contributed by atoms with Crippen molar-refractivity contribution >= 4 is 16.5 Å². The maximum absolute atomic E-state index is 5.91. The Morgan fingerprint density at radius 1 is 0.774 bits per heavy atom. The molecule has 0 aliphatic carbocycles. The lowest BCUT2D eigenvalue weighted by atomic mass is 9.83. The number of aryl methyl sites for hydroxylation is 1. The summed E-state index contributed by atoms with van der Waals surface area (Å²) in [6, 6.07) is 10.3. The highest BCUT2D eigenvalue weighted by Gasteiger charge is 2.29. The number of hydrogen-bond acceptors (Lipinski definition) is 5. The maximum atomic E-state index is 5.91. The number of methoxy groups -OCH3 is 4. The molecule has 162 valence electrons. The topological polar surface area (TPSA) is 49.3 Å². The molecule has 0 radical (unpaired) electrons. The van der Waals surface area contributed by atoms with Crippen LogP contribution in [-0.4, -0.2) is 40.2 Å². The van der Waals surface area contributed by atoms with Crippen LogP contribution in [-0.2, 0) is 6.42 Å². The number of fused-ring (bicyclic) bond motifs is 2. The quantitative estimate of drug-likeness (QED) is 0.540. The molecule has 1 aliphatic rings. The standard InChI is InChI=1S/C26H29NO4/c1-14-11-20(29-5)25-17(9-8-10-19(25)28-4)23(14)26-18-12-15(2)27-16(3)24(18)21(30-6)13-22(26)31-7/h8-11,13,15H,12H2,1-7H3/t15-/m1/s1. The molecule has 1 atom stereocenters. The summed E-state index contributed by atoms with van der Waals surface area (Å²) in [4.78, 5) is 4.82. The van der Waals surface area contributed by atoms with Crippen LogP contribution >= 0.6 is 0 Å². The van der Waals surface area contributed by atoms with Crippen molar-refractivity contribution in [3.05, 3.63) is 47.0 Å². The molecule has 1 aliphatic heterocycles. The van der Waals surface area contributed by atoms with E-state index in [0.29, 0.717) is 0 Å². The van der Waals surface area contributed by atoms with Crippen molar-refractivity contribution in [2.45, 2.75) is 33.2 Å². The molecule has 0 saturated carbocycles. The van der Waals surface area contributed by atoms with Gasteiger partial charge in [0.25, 0.3) is 0 Å². The first-order valence-corrected chi connectivity index (χ1v) is 10.4. The van der Waals surface area contributed by atoms with Crippen LogP contribution < -0.4 is 18.9 Å². The van der Waals surface area contributed by atoms with Crippen LogP contribution in [0.4, 0.5) is 0 Å². The van der Waals surface area contributed by atoms with Gasteiger partial charge >= 0.3 is 0 Å². The summed E-state index contributed by atoms with van der Waals surface area (Å²) < 4.78 is 23.1. The Kier molecular flexibility index (Phi) is 5.52. The normalized spacial score (nSPS) is 15.3. The Labute approximate surface area is 183 Å². The van der Waals surface area contributed by atoms with E-state index in [2.05, 4.69) is 32.9 Å². The molecule has 1 heterocycles. The van der Waals surface area contributed by atoms with Crippen molar-refractivity contribution in [1.29, 1.82) is 0 Å². The summed E-state index contributed by atoms with van der Waals surface area (Å²) in [5.41, 5.74) is 6.56. The van der Waals surface area contributed by atoms with Gasteiger partial charge in [-0.1, -0.05) is 12.1 Å². The predicted octanol–water partition coefficient (Wildman–Crippen LogP) is 5.60. The van der Waals surface area contributed by atoms with E-state index in [4.69, 9.17) is 23.9 Å². The van der Waals surface area contributed by atoms with Gasteiger partial charge in [-0.25, -0.2) is 0 Å². The minimum atomic E-state index is 0.183. The fourth-order valence-electron chi connectivity index (χ4n) is 4.83. The molecule has 0 fully saturated rings. The summed E-state index contributed by atoms with van der Waals surface area (Å²) in [6.45, 7) is 6.31. The minimum Gasteiger partial charge on any atom is -0.496 e. The maximum Gasteiger partial charge on any atom is 0.131 e. The molecule has 4 rings (SSSR count). The highest BCUT2D eigenvalue weighted by molar-refractivity contribution is 6.10. The van der Waals surface area contributed by atoms with Gasteiger partial charge in [0, 0.05) is 22.9 Å². The third-order valence-corrected chi connectivity index (χ3v) is 6.05. The smallest absolute Gasteiger partial charge is 0.131 e. The average Bonchev–Trinajstić information content (AvgIpc) is 2.77. The van der Waals surface area contributed by atoms with Gasteiger partial charge in [0.15, 0.2) is 0 Å². The molecular formula is C26H29NO4. The van der Waals surface area contributed by atoms with Crippen molar-refractivity contribution in [2.24, 2.45) is 4.99 Å². The predicted molar refractivity (Wildman–Crippen MR) is 126 cm³/mol. The highest BCUT2D eigenvalue weighted by Crippen LogP contribution is 2.49. The van der Waals surface area contributed by atoms with Crippen LogP contribution in [0.1, 0.15) is 30.5 Å². The van der Waals surface area contributed by atoms with E-state index in [1.807, 2.05) is 18.2 Å². The molecule has 0 spiro atoms. The lowest BCUT2D eigenvalue weighted by molar-refractivity contribution is 0.393. The summed E-state index contributed by atoms with van der Waals surface area (Å²) in [6.07, 6.45) is 0.812. The van der Waals surface area contributed by atoms with E-state index in [-0.39, 0.29) is 6.04 Å². The van der Waals surface area contributed by atoms with Gasteiger partial charge < -0.3 is 18.9 Å². The molecule has 0 amide bonds. The fraction of sp³-hybridized carbons (Fsp3) is 0.346. The highest BCUT2D eigenvalue weighted by atomic mass is 16.5. The van der Waals surface area contributed by atoms with Gasteiger partial charge in [-0.3, -0.25) is 4.99 Å². The Morgan fingerprint density at radius 2 is 1.42 bits per heavy atom. The Balaban J connectivity index is 2.19. The Morgan fingerprint density at radius 3 is 2.06 bits per heavy atom. The van der Waals surface area contributed by atoms with Crippen LogP contribution in [0.15, 0.2) is 35.3 Å². The van der Waals surface area contributed by atoms with E-state index in [1.54, 1.807) is 28.4 Å². The van der Waals surface area contributed by atoms with Crippen LogP contribution in [0.2, 0.25) is 0 Å². The van der Waals surface area contributed by atoms with Gasteiger partial charge in [0.05, 0.1) is 39.9 Å². The largest absolute Gasteiger partial charge is 0.496 e. The third-order valence-electron chi connectivity index (χ3n) is 6.05. The molecule has 0 N–H and O–H groups in total. The van der Waals surface area contributed by atoms with Crippen LogP contribution in [0.5, 0.6) is 23.0 Å². The summed E-state index contributed by atoms with van der Waals surface area (Å²) in [5, 5.41) is 2.02. The van der Waals surface area contributed by atoms with Crippen molar-refractivity contribution in [3.8, 4) is 34.1 Å². The zero-order valence-corrected chi connectivity index (χ0v) is 19.3. The molecule has 0 bridgehead atoms. The Hall–Kier alpha value is -3.21. The minimum absolute atomic E-state index is 0.183. The van der Waals surface area contributed by atoms with Gasteiger partial charge in [-0.05, 0) is 61.4 Å². The van der Waals surface area contributed by atoms with E-state index < -0.39 is 0 Å². The molecule has 0 aromatic heterocycles. The number of aliphatic imine (C=N–C) groups is 1. The first-order chi connectivity index (χ1) is 14.9. The van der Waals surface area contributed by atoms with Crippen molar-refractivity contribution < 1.29 is 18.9 Å². The van der Waals surface area contributed by atoms with Gasteiger partial charge in [-0.2, -0.15) is 0 Å². The zero-order chi connectivity index (χ0) is 22.3. The monoisotopic (exact) mass is 419 g/mol. The van der Waals surface area contributed by atoms with Gasteiger partial charge in [0.1, 0.15) is 23.0 Å². The number of ether oxygens (including phenoxy) is 4. The van der Waals surface area contributed by atoms with Crippen LogP contribution in [0.3, 0.4) is 0 Å². The zero-order valence-electron chi connectivity index (χ0n) is 19.3. The number of benzene rings is 3. The molecule has 3 aromatic carbocycles. The first-order valence-electron chi connectivity index (χ1n) is 10.4. The lowest BCUT2D eigenvalue weighted by Gasteiger charge is -2.27. The van der Waals surface area contributed by atoms with Crippen LogP contribution in [0, 0.1) is 6.92 Å². The molecule has 0 saturated heterocycles. The van der Waals surface area contributed by atoms with E-state index in [0.717, 1.165) is 68.2 Å². The summed E-state index contributed by atoms with van der Waals surface area (Å²) >= 11 is 0. The van der Waals surface area contributed by atoms with Crippen molar-refractivity contribution in [3.63, 3.8) is 0 Å². The summed E-state index contributed by atoms with van der Waals surface area (Å²) in [5.74, 6) is 3.15. The second kappa shape index (κ2) is 8.14. The lowest BCUT2D eigenvalue weighted by Crippen LogP contribution is -2.19. The number of nitrogens with zero attached hydrogens (tertiary/aromatic N) is 1. The molecular weight excluding hydrogens is 390 g/mol. The van der Waals surface area contributed by atoms with Gasteiger partial charge in [-0.15, -0.1) is 0 Å². The van der Waals surface area contributed by atoms with E-state index >= 15 is 0 Å². The SMILES string of the molecule is COc1cc(OC)c(-c2c(C)cc(OC)c3c(OC)cccc23)c2c1C(C)=N[C@H](C)C2. The Bertz CT molecular complexity index is 1200. The molecule has 3 aromatic rings. The fourth-order valence-corrected chi connectivity index (χ4v) is 4.83. The number of hydrogen-bond donors (Lipinski definition) is 0. The van der Waals surface area contributed by atoms with Gasteiger partial charge in [0.2, 0.25) is 0 Å². The van der Waals surface area contributed by atoms with Crippen LogP contribution in [0.25, 0.3) is 21.9 Å². The second-order valence-corrected chi connectivity index (χ2v) is 7.93. The molecule has 0 unspecified atom stereocenters. The average molecular weight is 420 g/mol. The molecule has 5 heteroatoms. The van der Waals surface area contributed by atoms with Crippen molar-refractivity contribution in [2.75, 3.05) is 28.4 Å². The second-order valence-electron chi connectivity index (χ2n) is 7.93.